The lowest BCUT2D eigenvalue weighted by Crippen LogP contribution is -2.49. The first-order valence-corrected chi connectivity index (χ1v) is 10.2. The van der Waals surface area contributed by atoms with E-state index in [1.807, 2.05) is 4.90 Å². The molecule has 0 aromatic heterocycles. The summed E-state index contributed by atoms with van der Waals surface area (Å²) >= 11 is 1.80. The fourth-order valence-electron chi connectivity index (χ4n) is 2.56. The van der Waals surface area contributed by atoms with Crippen molar-refractivity contribution in [3.63, 3.8) is 0 Å². The Morgan fingerprint density at radius 2 is 1.91 bits per heavy atom. The highest BCUT2D eigenvalue weighted by Gasteiger charge is 2.30. The van der Waals surface area contributed by atoms with E-state index < -0.39 is 16.0 Å². The molecule has 1 aliphatic heterocycles. The number of hydrogen-bond donors (Lipinski definition) is 1. The molecule has 0 aromatic carbocycles. The van der Waals surface area contributed by atoms with Gasteiger partial charge in [0.1, 0.15) is 0 Å². The standard InChI is InChI=1S/C13H26N2O4S2.ClH/c1-3-20-10-9-14(11-13(16)17)12-5-7-15(8-6-12)21(18,19)4-2;/h12H,3-11H2,1-2H3,(H,16,17);1H. The molecule has 9 heteroatoms. The van der Waals surface area contributed by atoms with Crippen molar-refractivity contribution in [3.05, 3.63) is 0 Å². The van der Waals surface area contributed by atoms with Crippen LogP contribution in [-0.4, -0.2) is 78.2 Å². The molecular formula is C13H27ClN2O4S2. The predicted octanol–water partition coefficient (Wildman–Crippen LogP) is 1.36. The zero-order chi connectivity index (χ0) is 15.9. The molecule has 0 aromatic rings. The number of thioether (sulfide) groups is 1. The quantitative estimate of drug-likeness (QED) is 0.614. The average Bonchev–Trinajstić information content (AvgIpc) is 2.46. The van der Waals surface area contributed by atoms with E-state index in [9.17, 15) is 13.2 Å². The highest BCUT2D eigenvalue weighted by molar-refractivity contribution is 7.99. The predicted molar refractivity (Wildman–Crippen MR) is 93.5 cm³/mol. The van der Waals surface area contributed by atoms with Crippen LogP contribution in [0.15, 0.2) is 0 Å². The van der Waals surface area contributed by atoms with Gasteiger partial charge in [-0.15, -0.1) is 12.4 Å². The van der Waals surface area contributed by atoms with Gasteiger partial charge in [-0.3, -0.25) is 9.69 Å². The molecule has 1 N–H and O–H groups in total. The number of halogens is 1. The Morgan fingerprint density at radius 1 is 1.32 bits per heavy atom. The van der Waals surface area contributed by atoms with Crippen LogP contribution in [0, 0.1) is 0 Å². The van der Waals surface area contributed by atoms with Crippen molar-refractivity contribution in [2.45, 2.75) is 32.7 Å². The molecule has 1 rings (SSSR count). The molecule has 132 valence electrons. The lowest BCUT2D eigenvalue weighted by molar-refractivity contribution is -0.139. The number of sulfonamides is 1. The maximum Gasteiger partial charge on any atom is 0.317 e. The van der Waals surface area contributed by atoms with Crippen LogP contribution in [0.3, 0.4) is 0 Å². The van der Waals surface area contributed by atoms with E-state index in [2.05, 4.69) is 6.92 Å². The van der Waals surface area contributed by atoms with Crippen molar-refractivity contribution in [3.8, 4) is 0 Å². The molecule has 0 bridgehead atoms. The number of rotatable bonds is 9. The Labute approximate surface area is 144 Å². The van der Waals surface area contributed by atoms with Crippen molar-refractivity contribution in [1.82, 2.24) is 9.21 Å². The lowest BCUT2D eigenvalue weighted by atomic mass is 10.0. The molecule has 1 saturated heterocycles. The van der Waals surface area contributed by atoms with Gasteiger partial charge >= 0.3 is 5.97 Å². The van der Waals surface area contributed by atoms with Gasteiger partial charge in [0.05, 0.1) is 12.3 Å². The molecule has 1 fully saturated rings. The molecule has 0 saturated carbocycles. The number of carboxylic acids is 1. The molecule has 0 aliphatic carbocycles. The zero-order valence-electron chi connectivity index (χ0n) is 13.2. The maximum atomic E-state index is 11.8. The van der Waals surface area contributed by atoms with Crippen LogP contribution < -0.4 is 0 Å². The van der Waals surface area contributed by atoms with Gasteiger partial charge < -0.3 is 5.11 Å². The summed E-state index contributed by atoms with van der Waals surface area (Å²) < 4.78 is 25.2. The summed E-state index contributed by atoms with van der Waals surface area (Å²) in [6.45, 7) is 5.52. The topological polar surface area (TPSA) is 77.9 Å². The third kappa shape index (κ3) is 7.04. The summed E-state index contributed by atoms with van der Waals surface area (Å²) in [5.41, 5.74) is 0. The van der Waals surface area contributed by atoms with E-state index in [1.54, 1.807) is 18.7 Å². The summed E-state index contributed by atoms with van der Waals surface area (Å²) in [5, 5.41) is 9.04. The monoisotopic (exact) mass is 374 g/mol. The lowest BCUT2D eigenvalue weighted by Gasteiger charge is -2.37. The van der Waals surface area contributed by atoms with Crippen molar-refractivity contribution in [2.75, 3.05) is 43.4 Å². The fourth-order valence-corrected chi connectivity index (χ4v) is 4.34. The van der Waals surface area contributed by atoms with E-state index >= 15 is 0 Å². The molecule has 6 nitrogen and oxygen atoms in total. The Hall–Kier alpha value is -0.0200. The molecule has 0 amide bonds. The second kappa shape index (κ2) is 10.7. The van der Waals surface area contributed by atoms with Gasteiger partial charge in [0.25, 0.3) is 0 Å². The van der Waals surface area contributed by atoms with Crippen LogP contribution >= 0.6 is 24.2 Å². The van der Waals surface area contributed by atoms with Crippen molar-refractivity contribution >= 4 is 40.2 Å². The van der Waals surface area contributed by atoms with Crippen LogP contribution in [0.4, 0.5) is 0 Å². The van der Waals surface area contributed by atoms with Gasteiger partial charge in [-0.05, 0) is 25.5 Å². The number of carbonyl (C=O) groups is 1. The first kappa shape index (κ1) is 22.0. The first-order valence-electron chi connectivity index (χ1n) is 7.42. The highest BCUT2D eigenvalue weighted by atomic mass is 35.5. The van der Waals surface area contributed by atoms with Gasteiger partial charge in [-0.1, -0.05) is 6.92 Å². The van der Waals surface area contributed by atoms with Gasteiger partial charge in [-0.2, -0.15) is 11.8 Å². The van der Waals surface area contributed by atoms with Crippen LogP contribution in [0.2, 0.25) is 0 Å². The third-order valence-corrected chi connectivity index (χ3v) is 6.52. The van der Waals surface area contributed by atoms with Crippen LogP contribution in [0.5, 0.6) is 0 Å². The highest BCUT2D eigenvalue weighted by Crippen LogP contribution is 2.19. The van der Waals surface area contributed by atoms with Gasteiger partial charge in [-0.25, -0.2) is 12.7 Å². The smallest absolute Gasteiger partial charge is 0.317 e. The molecular weight excluding hydrogens is 348 g/mol. The summed E-state index contributed by atoms with van der Waals surface area (Å²) in [5.74, 6) is 1.25. The first-order chi connectivity index (χ1) is 9.90. The Morgan fingerprint density at radius 3 is 2.36 bits per heavy atom. The van der Waals surface area contributed by atoms with Crippen LogP contribution in [-0.2, 0) is 14.8 Å². The Bertz CT molecular complexity index is 426. The van der Waals surface area contributed by atoms with Crippen molar-refractivity contribution < 1.29 is 18.3 Å². The van der Waals surface area contributed by atoms with Crippen LogP contribution in [0.1, 0.15) is 26.7 Å². The number of nitrogens with zero attached hydrogens (tertiary/aromatic N) is 2. The van der Waals surface area contributed by atoms with E-state index in [1.165, 1.54) is 4.31 Å². The molecule has 1 heterocycles. The van der Waals surface area contributed by atoms with Crippen molar-refractivity contribution in [1.29, 1.82) is 0 Å². The summed E-state index contributed by atoms with van der Waals surface area (Å²) in [4.78, 5) is 13.0. The second-order valence-corrected chi connectivity index (χ2v) is 8.74. The van der Waals surface area contributed by atoms with Gasteiger partial charge in [0, 0.05) is 31.4 Å². The maximum absolute atomic E-state index is 11.8. The van der Waals surface area contributed by atoms with E-state index in [-0.39, 0.29) is 30.7 Å². The zero-order valence-corrected chi connectivity index (χ0v) is 15.7. The SMILES string of the molecule is CCSCCN(CC(=O)O)C1CCN(S(=O)(=O)CC)CC1.Cl. The molecule has 0 spiro atoms. The largest absolute Gasteiger partial charge is 0.480 e. The minimum atomic E-state index is -3.12. The molecule has 0 atom stereocenters. The third-order valence-electron chi connectivity index (χ3n) is 3.76. The number of carboxylic acid groups (broad SMARTS) is 1. The van der Waals surface area contributed by atoms with E-state index in [0.29, 0.717) is 25.9 Å². The average molecular weight is 375 g/mol. The summed E-state index contributed by atoms with van der Waals surface area (Å²) in [7, 11) is -3.12. The fraction of sp³-hybridized carbons (Fsp3) is 0.923. The number of hydrogen-bond acceptors (Lipinski definition) is 5. The minimum Gasteiger partial charge on any atom is -0.480 e. The molecule has 0 radical (unpaired) electrons. The summed E-state index contributed by atoms with van der Waals surface area (Å²) in [6, 6.07) is 0.168. The van der Waals surface area contributed by atoms with E-state index in [0.717, 1.165) is 18.1 Å². The normalized spacial score (nSPS) is 17.4. The number of piperidine rings is 1. The Balaban J connectivity index is 0.00000441. The molecule has 22 heavy (non-hydrogen) atoms. The van der Waals surface area contributed by atoms with Crippen LogP contribution in [0.25, 0.3) is 0 Å². The molecule has 0 unspecified atom stereocenters. The number of aliphatic carboxylic acids is 1. The minimum absolute atomic E-state index is 0. The van der Waals surface area contributed by atoms with Gasteiger partial charge in [0.2, 0.25) is 10.0 Å². The molecule has 1 aliphatic rings. The van der Waals surface area contributed by atoms with Gasteiger partial charge in [0.15, 0.2) is 0 Å². The summed E-state index contributed by atoms with van der Waals surface area (Å²) in [6.07, 6.45) is 1.42. The van der Waals surface area contributed by atoms with Crippen molar-refractivity contribution in [2.24, 2.45) is 0 Å². The Kier molecular flexibility index (Phi) is 10.7. The van der Waals surface area contributed by atoms with E-state index in [4.69, 9.17) is 5.11 Å². The second-order valence-electron chi connectivity index (χ2n) is 5.09.